The van der Waals surface area contributed by atoms with Crippen LogP contribution in [0.25, 0.3) is 16.7 Å². The van der Waals surface area contributed by atoms with Crippen LogP contribution < -0.4 is 5.56 Å². The van der Waals surface area contributed by atoms with Gasteiger partial charge in [-0.2, -0.15) is 10.2 Å². The van der Waals surface area contributed by atoms with E-state index in [4.69, 9.17) is 0 Å². The maximum atomic E-state index is 13.8. The van der Waals surface area contributed by atoms with E-state index in [0.717, 1.165) is 21.5 Å². The first-order chi connectivity index (χ1) is 12.0. The molecule has 0 aliphatic carbocycles. The molecule has 8 nitrogen and oxygen atoms in total. The van der Waals surface area contributed by atoms with Crippen LogP contribution in [0.3, 0.4) is 0 Å². The van der Waals surface area contributed by atoms with Gasteiger partial charge in [0.1, 0.15) is 11.1 Å². The molecule has 0 bridgehead atoms. The fourth-order valence-electron chi connectivity index (χ4n) is 2.51. The van der Waals surface area contributed by atoms with Gasteiger partial charge in [0.15, 0.2) is 17.3 Å². The molecule has 3 heterocycles. The van der Waals surface area contributed by atoms with Crippen LogP contribution in [0.4, 0.5) is 8.78 Å². The zero-order valence-corrected chi connectivity index (χ0v) is 13.0. The van der Waals surface area contributed by atoms with Crippen LogP contribution in [0.1, 0.15) is 5.69 Å². The first kappa shape index (κ1) is 15.1. The highest BCUT2D eigenvalue weighted by atomic mass is 19.1. The Kier molecular flexibility index (Phi) is 3.38. The third-order valence-electron chi connectivity index (χ3n) is 3.74. The van der Waals surface area contributed by atoms with Crippen molar-refractivity contribution >= 4 is 11.0 Å². The van der Waals surface area contributed by atoms with Crippen LogP contribution in [0.2, 0.25) is 0 Å². The number of para-hydroxylation sites is 1. The van der Waals surface area contributed by atoms with Gasteiger partial charge in [0, 0.05) is 13.2 Å². The van der Waals surface area contributed by atoms with E-state index in [1.165, 1.54) is 23.1 Å². The third-order valence-corrected chi connectivity index (χ3v) is 3.74. The molecule has 10 heteroatoms. The second-order valence-corrected chi connectivity index (χ2v) is 5.38. The Balaban J connectivity index is 1.70. The molecular formula is C15H11F2N7O. The van der Waals surface area contributed by atoms with Gasteiger partial charge in [-0.15, -0.1) is 5.10 Å². The molecule has 1 aromatic carbocycles. The fraction of sp³-hybridized carbons (Fsp3) is 0.133. The molecule has 25 heavy (non-hydrogen) atoms. The molecular weight excluding hydrogens is 332 g/mol. The highest BCUT2D eigenvalue weighted by Crippen LogP contribution is 2.17. The Morgan fingerprint density at radius 2 is 1.92 bits per heavy atom. The molecule has 4 rings (SSSR count). The highest BCUT2D eigenvalue weighted by Gasteiger charge is 2.14. The van der Waals surface area contributed by atoms with Gasteiger partial charge >= 0.3 is 0 Å². The molecule has 126 valence electrons. The van der Waals surface area contributed by atoms with Crippen LogP contribution in [0.15, 0.2) is 41.5 Å². The van der Waals surface area contributed by atoms with Crippen molar-refractivity contribution in [3.8, 4) is 5.69 Å². The van der Waals surface area contributed by atoms with Crippen LogP contribution in [0.5, 0.6) is 0 Å². The summed E-state index contributed by atoms with van der Waals surface area (Å²) in [5.74, 6) is -1.47. The van der Waals surface area contributed by atoms with Gasteiger partial charge in [-0.25, -0.2) is 22.8 Å². The molecule has 0 saturated heterocycles. The van der Waals surface area contributed by atoms with Crippen LogP contribution in [-0.2, 0) is 13.6 Å². The number of benzene rings is 1. The first-order valence-corrected chi connectivity index (χ1v) is 7.29. The molecule has 0 saturated carbocycles. The van der Waals surface area contributed by atoms with E-state index in [1.807, 2.05) is 0 Å². The fourth-order valence-corrected chi connectivity index (χ4v) is 2.51. The lowest BCUT2D eigenvalue weighted by Gasteiger charge is -2.04. The number of rotatable bonds is 3. The van der Waals surface area contributed by atoms with Crippen LogP contribution >= 0.6 is 0 Å². The average molecular weight is 343 g/mol. The molecule has 0 aliphatic heterocycles. The molecule has 4 aromatic rings. The number of nitrogens with zero attached hydrogens (tertiary/aromatic N) is 7. The molecule has 0 spiro atoms. The van der Waals surface area contributed by atoms with Crippen molar-refractivity contribution in [2.24, 2.45) is 7.05 Å². The van der Waals surface area contributed by atoms with Crippen molar-refractivity contribution in [3.63, 3.8) is 0 Å². The number of aryl methyl sites for hydroxylation is 1. The van der Waals surface area contributed by atoms with Crippen molar-refractivity contribution in [2.75, 3.05) is 0 Å². The largest absolute Gasteiger partial charge is 0.281 e. The minimum Gasteiger partial charge on any atom is -0.267 e. The topological polar surface area (TPSA) is 83.4 Å². The summed E-state index contributed by atoms with van der Waals surface area (Å²) in [5, 5.41) is 16.2. The zero-order valence-electron chi connectivity index (χ0n) is 13.0. The molecule has 3 aromatic heterocycles. The maximum absolute atomic E-state index is 13.8. The van der Waals surface area contributed by atoms with Crippen molar-refractivity contribution in [1.29, 1.82) is 0 Å². The van der Waals surface area contributed by atoms with Gasteiger partial charge in [0.05, 0.1) is 18.4 Å². The van der Waals surface area contributed by atoms with Crippen molar-refractivity contribution < 1.29 is 8.78 Å². The van der Waals surface area contributed by atoms with Gasteiger partial charge in [-0.05, 0) is 18.2 Å². The summed E-state index contributed by atoms with van der Waals surface area (Å²) in [7, 11) is 1.66. The van der Waals surface area contributed by atoms with E-state index < -0.39 is 11.6 Å². The SMILES string of the molecule is Cn1ncc2c(=O)n(Cc3ccn(-c4c(F)cccc4F)n3)nnc21. The van der Waals surface area contributed by atoms with Crippen molar-refractivity contribution in [3.05, 3.63) is 64.3 Å². The monoisotopic (exact) mass is 343 g/mol. The molecule has 0 atom stereocenters. The summed E-state index contributed by atoms with van der Waals surface area (Å²) in [6.07, 6.45) is 2.83. The van der Waals surface area contributed by atoms with Crippen molar-refractivity contribution in [1.82, 2.24) is 34.6 Å². The molecule has 0 aliphatic rings. The molecule has 0 N–H and O–H groups in total. The van der Waals surface area contributed by atoms with Crippen molar-refractivity contribution in [2.45, 2.75) is 6.54 Å². The Labute approximate surface area is 138 Å². The van der Waals surface area contributed by atoms with Gasteiger partial charge in [-0.1, -0.05) is 11.3 Å². The Bertz CT molecular complexity index is 1120. The van der Waals surface area contributed by atoms with Gasteiger partial charge < -0.3 is 0 Å². The van der Waals surface area contributed by atoms with E-state index in [-0.39, 0.29) is 17.8 Å². The number of halogens is 2. The summed E-state index contributed by atoms with van der Waals surface area (Å²) in [6.45, 7) is 0.0136. The van der Waals surface area contributed by atoms with Gasteiger partial charge in [-0.3, -0.25) is 4.79 Å². The Morgan fingerprint density at radius 3 is 2.68 bits per heavy atom. The van der Waals surface area contributed by atoms with E-state index in [1.54, 1.807) is 13.1 Å². The molecule has 0 unspecified atom stereocenters. The van der Waals surface area contributed by atoms with Crippen LogP contribution in [0, 0.1) is 11.6 Å². The van der Waals surface area contributed by atoms with Crippen LogP contribution in [-0.4, -0.2) is 34.6 Å². The van der Waals surface area contributed by atoms with Gasteiger partial charge in [0.25, 0.3) is 5.56 Å². The minimum absolute atomic E-state index is 0.0136. The summed E-state index contributed by atoms with van der Waals surface area (Å²) >= 11 is 0. The Hall–Kier alpha value is -3.43. The van der Waals surface area contributed by atoms with E-state index in [0.29, 0.717) is 16.7 Å². The molecule has 0 fully saturated rings. The highest BCUT2D eigenvalue weighted by molar-refractivity contribution is 5.72. The molecule has 0 amide bonds. The average Bonchev–Trinajstić information content (AvgIpc) is 3.18. The maximum Gasteiger partial charge on any atom is 0.281 e. The minimum atomic E-state index is -0.733. The lowest BCUT2D eigenvalue weighted by Crippen LogP contribution is -2.25. The number of fused-ring (bicyclic) bond motifs is 1. The number of aromatic nitrogens is 7. The zero-order chi connectivity index (χ0) is 17.6. The number of hydrogen-bond donors (Lipinski definition) is 0. The second kappa shape index (κ2) is 5.58. The standard InChI is InChI=1S/C15H11F2N7O/c1-22-14-10(7-18-22)15(25)24(21-19-14)8-9-5-6-23(20-9)13-11(16)3-2-4-12(13)17/h2-7H,8H2,1H3. The first-order valence-electron chi connectivity index (χ1n) is 7.29. The normalized spacial score (nSPS) is 11.3. The smallest absolute Gasteiger partial charge is 0.267 e. The summed E-state index contributed by atoms with van der Waals surface area (Å²) < 4.78 is 31.3. The van der Waals surface area contributed by atoms with E-state index >= 15 is 0 Å². The molecule has 0 radical (unpaired) electrons. The quantitative estimate of drug-likeness (QED) is 0.555. The summed E-state index contributed by atoms with van der Waals surface area (Å²) in [6, 6.07) is 5.11. The predicted octanol–water partition coefficient (Wildman–Crippen LogP) is 1.04. The summed E-state index contributed by atoms with van der Waals surface area (Å²) in [4.78, 5) is 12.4. The number of hydrogen-bond acceptors (Lipinski definition) is 5. The Morgan fingerprint density at radius 1 is 1.16 bits per heavy atom. The predicted molar refractivity (Wildman–Crippen MR) is 83.1 cm³/mol. The van der Waals surface area contributed by atoms with Gasteiger partial charge in [0.2, 0.25) is 0 Å². The summed E-state index contributed by atoms with van der Waals surface area (Å²) in [5.41, 5.74) is 0.127. The van der Waals surface area contributed by atoms with E-state index in [9.17, 15) is 13.6 Å². The lowest BCUT2D eigenvalue weighted by molar-refractivity contribution is 0.553. The lowest BCUT2D eigenvalue weighted by atomic mass is 10.3. The second-order valence-electron chi connectivity index (χ2n) is 5.38. The third kappa shape index (κ3) is 2.47. The van der Waals surface area contributed by atoms with E-state index in [2.05, 4.69) is 20.5 Å².